The molecule has 4 nitrogen and oxygen atoms in total. The summed E-state index contributed by atoms with van der Waals surface area (Å²) in [6.07, 6.45) is 4.25. The maximum Gasteiger partial charge on any atom is 0.205 e. The maximum atomic E-state index is 6.22. The minimum Gasteiger partial charge on any atom is -0.371 e. The minimum atomic E-state index is 0.305. The molecular formula is C14H25N3OS. The Balaban J connectivity index is 2.05. The van der Waals surface area contributed by atoms with Crippen LogP contribution in [0.3, 0.4) is 0 Å². The van der Waals surface area contributed by atoms with Crippen LogP contribution in [0.25, 0.3) is 0 Å². The third-order valence-electron chi connectivity index (χ3n) is 3.60. The highest BCUT2D eigenvalue weighted by Crippen LogP contribution is 2.26. The monoisotopic (exact) mass is 283 g/mol. The Bertz CT molecular complexity index is 394. The number of aryl methyl sites for hydroxylation is 1. The van der Waals surface area contributed by atoms with Gasteiger partial charge in [-0.1, -0.05) is 33.6 Å². The highest BCUT2D eigenvalue weighted by atomic mass is 32.1. The smallest absolute Gasteiger partial charge is 0.205 e. The quantitative estimate of drug-likeness (QED) is 0.831. The summed E-state index contributed by atoms with van der Waals surface area (Å²) < 4.78 is 10.5. The van der Waals surface area contributed by atoms with Crippen molar-refractivity contribution < 1.29 is 4.74 Å². The van der Waals surface area contributed by atoms with Gasteiger partial charge >= 0.3 is 0 Å². The van der Waals surface area contributed by atoms with E-state index in [0.717, 1.165) is 30.5 Å². The van der Waals surface area contributed by atoms with Crippen LogP contribution in [0.5, 0.6) is 0 Å². The zero-order valence-electron chi connectivity index (χ0n) is 12.4. The van der Waals surface area contributed by atoms with E-state index >= 15 is 0 Å². The number of hydrogen-bond acceptors (Lipinski definition) is 5. The second-order valence-electron chi connectivity index (χ2n) is 5.71. The van der Waals surface area contributed by atoms with Gasteiger partial charge in [-0.05, 0) is 19.3 Å². The Kier molecular flexibility index (Phi) is 5.16. The van der Waals surface area contributed by atoms with E-state index < -0.39 is 0 Å². The third kappa shape index (κ3) is 3.89. The summed E-state index contributed by atoms with van der Waals surface area (Å²) in [5.41, 5.74) is 0. The number of anilines is 1. The molecule has 2 rings (SSSR count). The summed E-state index contributed by atoms with van der Waals surface area (Å²) in [7, 11) is 0. The van der Waals surface area contributed by atoms with Gasteiger partial charge in [0.2, 0.25) is 5.13 Å². The molecule has 2 heterocycles. The summed E-state index contributed by atoms with van der Waals surface area (Å²) >= 11 is 1.50. The first kappa shape index (κ1) is 14.7. The number of nitrogens with zero attached hydrogens (tertiary/aromatic N) is 3. The lowest BCUT2D eigenvalue weighted by molar-refractivity contribution is -0.0519. The molecule has 0 spiro atoms. The van der Waals surface area contributed by atoms with Crippen LogP contribution >= 0.6 is 11.5 Å². The molecule has 2 atom stereocenters. The van der Waals surface area contributed by atoms with Crippen LogP contribution in [0.4, 0.5) is 5.13 Å². The van der Waals surface area contributed by atoms with Crippen molar-refractivity contribution in [3.05, 3.63) is 5.82 Å². The van der Waals surface area contributed by atoms with E-state index in [4.69, 9.17) is 4.74 Å². The van der Waals surface area contributed by atoms with Crippen molar-refractivity contribution in [3.8, 4) is 0 Å². The van der Waals surface area contributed by atoms with E-state index in [2.05, 4.69) is 35.0 Å². The summed E-state index contributed by atoms with van der Waals surface area (Å²) in [6, 6.07) is 0. The molecule has 0 unspecified atom stereocenters. The van der Waals surface area contributed by atoms with Crippen molar-refractivity contribution in [1.29, 1.82) is 0 Å². The lowest BCUT2D eigenvalue weighted by Gasteiger charge is -2.39. The SMILES string of the molecule is CCCC[C@@H]1CN(c2nc(C)ns2)C[C@H](C(C)C)O1. The van der Waals surface area contributed by atoms with Gasteiger partial charge in [-0.15, -0.1) is 0 Å². The van der Waals surface area contributed by atoms with Crippen LogP contribution in [0.15, 0.2) is 0 Å². The predicted molar refractivity (Wildman–Crippen MR) is 79.9 cm³/mol. The number of unbranched alkanes of at least 4 members (excludes halogenated alkanes) is 1. The molecule has 0 amide bonds. The van der Waals surface area contributed by atoms with E-state index in [1.54, 1.807) is 0 Å². The molecule has 19 heavy (non-hydrogen) atoms. The van der Waals surface area contributed by atoms with Crippen LogP contribution in [0.1, 0.15) is 45.9 Å². The Morgan fingerprint density at radius 1 is 1.42 bits per heavy atom. The molecule has 108 valence electrons. The average Bonchev–Trinajstić information content (AvgIpc) is 2.82. The zero-order chi connectivity index (χ0) is 13.8. The van der Waals surface area contributed by atoms with Crippen molar-refractivity contribution in [3.63, 3.8) is 0 Å². The van der Waals surface area contributed by atoms with Crippen LogP contribution in [0.2, 0.25) is 0 Å². The second-order valence-corrected chi connectivity index (χ2v) is 6.44. The summed E-state index contributed by atoms with van der Waals surface area (Å²) in [6.45, 7) is 10.5. The lowest BCUT2D eigenvalue weighted by Crippen LogP contribution is -2.49. The van der Waals surface area contributed by atoms with Gasteiger partial charge in [0.05, 0.1) is 12.2 Å². The number of aromatic nitrogens is 2. The van der Waals surface area contributed by atoms with Crippen LogP contribution in [-0.2, 0) is 4.74 Å². The number of morpholine rings is 1. The van der Waals surface area contributed by atoms with Gasteiger partial charge in [0, 0.05) is 24.6 Å². The van der Waals surface area contributed by atoms with E-state index in [0.29, 0.717) is 18.1 Å². The first-order valence-corrected chi connectivity index (χ1v) is 8.08. The molecule has 0 bridgehead atoms. The van der Waals surface area contributed by atoms with Gasteiger partial charge in [0.1, 0.15) is 5.82 Å². The van der Waals surface area contributed by atoms with Crippen molar-refractivity contribution in [2.24, 2.45) is 5.92 Å². The molecule has 0 aliphatic carbocycles. The molecule has 1 aromatic rings. The van der Waals surface area contributed by atoms with Crippen molar-refractivity contribution in [2.75, 3.05) is 18.0 Å². The molecule has 5 heteroatoms. The van der Waals surface area contributed by atoms with E-state index in [-0.39, 0.29) is 0 Å². The zero-order valence-corrected chi connectivity index (χ0v) is 13.2. The Labute approximate surface area is 120 Å². The van der Waals surface area contributed by atoms with Gasteiger partial charge in [-0.25, -0.2) is 4.98 Å². The van der Waals surface area contributed by atoms with Crippen molar-refractivity contribution in [2.45, 2.75) is 59.2 Å². The molecule has 0 N–H and O–H groups in total. The molecule has 0 saturated carbocycles. The van der Waals surface area contributed by atoms with Gasteiger partial charge in [-0.3, -0.25) is 0 Å². The molecule has 1 aromatic heterocycles. The molecule has 0 radical (unpaired) electrons. The normalized spacial score (nSPS) is 24.2. The topological polar surface area (TPSA) is 38.2 Å². The fraction of sp³-hybridized carbons (Fsp3) is 0.857. The highest BCUT2D eigenvalue weighted by Gasteiger charge is 2.30. The van der Waals surface area contributed by atoms with Crippen LogP contribution < -0.4 is 4.90 Å². The van der Waals surface area contributed by atoms with E-state index in [9.17, 15) is 0 Å². The predicted octanol–water partition coefficient (Wildman–Crippen LogP) is 3.27. The van der Waals surface area contributed by atoms with Crippen molar-refractivity contribution in [1.82, 2.24) is 9.36 Å². The first-order valence-electron chi connectivity index (χ1n) is 7.30. The van der Waals surface area contributed by atoms with Crippen LogP contribution in [-0.4, -0.2) is 34.7 Å². The summed E-state index contributed by atoms with van der Waals surface area (Å²) in [5.74, 6) is 1.42. The lowest BCUT2D eigenvalue weighted by atomic mass is 10.0. The molecular weight excluding hydrogens is 258 g/mol. The Hall–Kier alpha value is -0.680. The van der Waals surface area contributed by atoms with Crippen molar-refractivity contribution >= 4 is 16.7 Å². The van der Waals surface area contributed by atoms with Gasteiger partial charge in [0.25, 0.3) is 0 Å². The standard InChI is InChI=1S/C14H25N3OS/c1-5-6-7-12-8-17(9-13(18-12)10(2)3)14-15-11(4)16-19-14/h10,12-13H,5-9H2,1-4H3/t12-,13-/m1/s1. The van der Waals surface area contributed by atoms with Gasteiger partial charge < -0.3 is 9.64 Å². The van der Waals surface area contributed by atoms with Crippen LogP contribution in [0, 0.1) is 12.8 Å². The highest BCUT2D eigenvalue weighted by molar-refractivity contribution is 7.09. The van der Waals surface area contributed by atoms with E-state index in [1.807, 2.05) is 6.92 Å². The molecule has 0 aromatic carbocycles. The van der Waals surface area contributed by atoms with Gasteiger partial charge in [0.15, 0.2) is 0 Å². The minimum absolute atomic E-state index is 0.305. The summed E-state index contributed by atoms with van der Waals surface area (Å²) in [4.78, 5) is 6.88. The second kappa shape index (κ2) is 6.66. The molecule has 1 aliphatic heterocycles. The number of ether oxygens (including phenoxy) is 1. The number of hydrogen-bond donors (Lipinski definition) is 0. The van der Waals surface area contributed by atoms with Gasteiger partial charge in [-0.2, -0.15) is 4.37 Å². The molecule has 1 fully saturated rings. The largest absolute Gasteiger partial charge is 0.371 e. The van der Waals surface area contributed by atoms with E-state index in [1.165, 1.54) is 24.4 Å². The Morgan fingerprint density at radius 2 is 2.21 bits per heavy atom. The fourth-order valence-corrected chi connectivity index (χ4v) is 3.09. The summed E-state index contributed by atoms with van der Waals surface area (Å²) in [5, 5.41) is 1.05. The molecule has 1 aliphatic rings. The first-order chi connectivity index (χ1) is 9.10. The fourth-order valence-electron chi connectivity index (χ4n) is 2.40. The Morgan fingerprint density at radius 3 is 2.79 bits per heavy atom. The molecule has 1 saturated heterocycles. The maximum absolute atomic E-state index is 6.22. The average molecular weight is 283 g/mol. The third-order valence-corrected chi connectivity index (χ3v) is 4.47. The number of rotatable bonds is 5.